The van der Waals surface area contributed by atoms with Gasteiger partial charge in [0.05, 0.1) is 17.1 Å². The fourth-order valence-corrected chi connectivity index (χ4v) is 2.66. The van der Waals surface area contributed by atoms with Crippen LogP contribution in [0.4, 0.5) is 0 Å². The molecular weight excluding hydrogens is 302 g/mol. The highest BCUT2D eigenvalue weighted by molar-refractivity contribution is 6.31. The molecule has 0 radical (unpaired) electrons. The zero-order chi connectivity index (χ0) is 15.7. The second kappa shape index (κ2) is 5.77. The Morgan fingerprint density at radius 2 is 2.14 bits per heavy atom. The molecule has 0 aliphatic rings. The van der Waals surface area contributed by atoms with Crippen LogP contribution in [-0.4, -0.2) is 25.6 Å². The lowest BCUT2D eigenvalue weighted by molar-refractivity contribution is 0.0695. The standard InChI is InChI=1S/C16H14ClN3O2/c1-2-14-19-13-7-11(17)8-18-15(13)20(14)9-10-5-3-4-6-12(10)16(21)22/h3-8H,2,9H2,1H3,(H,21,22). The number of imidazole rings is 1. The summed E-state index contributed by atoms with van der Waals surface area (Å²) in [4.78, 5) is 20.2. The molecule has 0 saturated carbocycles. The number of hydrogen-bond donors (Lipinski definition) is 1. The molecule has 2 aromatic heterocycles. The van der Waals surface area contributed by atoms with E-state index in [9.17, 15) is 9.90 Å². The van der Waals surface area contributed by atoms with Crippen molar-refractivity contribution in [1.82, 2.24) is 14.5 Å². The average molecular weight is 316 g/mol. The van der Waals surface area contributed by atoms with Crippen LogP contribution in [0.1, 0.15) is 28.7 Å². The number of nitrogens with zero attached hydrogens (tertiary/aromatic N) is 3. The van der Waals surface area contributed by atoms with Crippen LogP contribution in [0.3, 0.4) is 0 Å². The summed E-state index contributed by atoms with van der Waals surface area (Å²) < 4.78 is 1.94. The molecule has 22 heavy (non-hydrogen) atoms. The summed E-state index contributed by atoms with van der Waals surface area (Å²) in [7, 11) is 0. The summed E-state index contributed by atoms with van der Waals surface area (Å²) in [6, 6.07) is 8.73. The Kier molecular flexibility index (Phi) is 3.81. The first-order valence-electron chi connectivity index (χ1n) is 6.92. The minimum absolute atomic E-state index is 0.292. The minimum Gasteiger partial charge on any atom is -0.478 e. The Bertz CT molecular complexity index is 858. The van der Waals surface area contributed by atoms with Gasteiger partial charge in [-0.25, -0.2) is 14.8 Å². The topological polar surface area (TPSA) is 68.0 Å². The lowest BCUT2D eigenvalue weighted by atomic mass is 10.1. The highest BCUT2D eigenvalue weighted by Gasteiger charge is 2.15. The lowest BCUT2D eigenvalue weighted by Crippen LogP contribution is -2.09. The van der Waals surface area contributed by atoms with Crippen LogP contribution >= 0.6 is 11.6 Å². The van der Waals surface area contributed by atoms with Gasteiger partial charge >= 0.3 is 5.97 Å². The minimum atomic E-state index is -0.936. The number of aromatic carboxylic acids is 1. The zero-order valence-corrected chi connectivity index (χ0v) is 12.7. The van der Waals surface area contributed by atoms with Crippen LogP contribution in [0.25, 0.3) is 11.2 Å². The third-order valence-electron chi connectivity index (χ3n) is 3.52. The van der Waals surface area contributed by atoms with E-state index in [0.717, 1.165) is 23.3 Å². The molecule has 0 fully saturated rings. The van der Waals surface area contributed by atoms with E-state index < -0.39 is 5.97 Å². The first-order chi connectivity index (χ1) is 10.6. The highest BCUT2D eigenvalue weighted by Crippen LogP contribution is 2.21. The fourth-order valence-electron chi connectivity index (χ4n) is 2.51. The fraction of sp³-hybridized carbons (Fsp3) is 0.188. The Labute approximate surface area is 132 Å². The molecule has 0 saturated heterocycles. The Hall–Kier alpha value is -2.40. The maximum Gasteiger partial charge on any atom is 0.336 e. The number of pyridine rings is 1. The van der Waals surface area contributed by atoms with Crippen LogP contribution in [0.2, 0.25) is 5.02 Å². The van der Waals surface area contributed by atoms with Gasteiger partial charge < -0.3 is 9.67 Å². The van der Waals surface area contributed by atoms with Crippen LogP contribution in [0.5, 0.6) is 0 Å². The van der Waals surface area contributed by atoms with Gasteiger partial charge in [-0.2, -0.15) is 0 Å². The quantitative estimate of drug-likeness (QED) is 0.801. The number of rotatable bonds is 4. The Morgan fingerprint density at radius 3 is 2.86 bits per heavy atom. The van der Waals surface area contributed by atoms with E-state index in [2.05, 4.69) is 9.97 Å². The van der Waals surface area contributed by atoms with Gasteiger partial charge in [0.15, 0.2) is 5.65 Å². The van der Waals surface area contributed by atoms with Crippen molar-refractivity contribution in [3.05, 3.63) is 58.5 Å². The maximum atomic E-state index is 11.4. The highest BCUT2D eigenvalue weighted by atomic mass is 35.5. The van der Waals surface area contributed by atoms with Crippen molar-refractivity contribution in [2.24, 2.45) is 0 Å². The molecule has 3 aromatic rings. The number of carboxylic acid groups (broad SMARTS) is 1. The van der Waals surface area contributed by atoms with E-state index in [4.69, 9.17) is 11.6 Å². The summed E-state index contributed by atoms with van der Waals surface area (Å²) >= 11 is 5.96. The molecule has 0 spiro atoms. The van der Waals surface area contributed by atoms with E-state index in [0.29, 0.717) is 22.8 Å². The van der Waals surface area contributed by atoms with Crippen LogP contribution in [0, 0.1) is 0 Å². The van der Waals surface area contributed by atoms with Gasteiger partial charge in [-0.1, -0.05) is 36.7 Å². The van der Waals surface area contributed by atoms with E-state index in [-0.39, 0.29) is 0 Å². The number of aromatic nitrogens is 3. The second-order valence-electron chi connectivity index (χ2n) is 4.93. The number of carbonyl (C=O) groups is 1. The second-order valence-corrected chi connectivity index (χ2v) is 5.36. The van der Waals surface area contributed by atoms with Crippen LogP contribution in [0.15, 0.2) is 36.5 Å². The van der Waals surface area contributed by atoms with Gasteiger partial charge in [0.25, 0.3) is 0 Å². The van der Waals surface area contributed by atoms with Crippen molar-refractivity contribution >= 4 is 28.7 Å². The van der Waals surface area contributed by atoms with Crippen molar-refractivity contribution < 1.29 is 9.90 Å². The van der Waals surface area contributed by atoms with E-state index >= 15 is 0 Å². The summed E-state index contributed by atoms with van der Waals surface area (Å²) in [6.07, 6.45) is 2.30. The average Bonchev–Trinajstić information content (AvgIpc) is 2.84. The predicted molar refractivity (Wildman–Crippen MR) is 84.4 cm³/mol. The molecular formula is C16H14ClN3O2. The van der Waals surface area contributed by atoms with Crippen molar-refractivity contribution in [2.45, 2.75) is 19.9 Å². The summed E-state index contributed by atoms with van der Waals surface area (Å²) in [5.74, 6) is -0.0842. The molecule has 0 unspecified atom stereocenters. The van der Waals surface area contributed by atoms with Gasteiger partial charge in [-0.05, 0) is 17.7 Å². The molecule has 1 aromatic carbocycles. The van der Waals surface area contributed by atoms with Crippen molar-refractivity contribution in [2.75, 3.05) is 0 Å². The van der Waals surface area contributed by atoms with Crippen molar-refractivity contribution in [3.8, 4) is 0 Å². The first-order valence-corrected chi connectivity index (χ1v) is 7.29. The monoisotopic (exact) mass is 315 g/mol. The van der Waals surface area contributed by atoms with Gasteiger partial charge in [0.2, 0.25) is 0 Å². The number of benzene rings is 1. The third kappa shape index (κ3) is 2.55. The molecule has 112 valence electrons. The molecule has 1 N–H and O–H groups in total. The normalized spacial score (nSPS) is 11.0. The molecule has 3 rings (SSSR count). The number of halogens is 1. The van der Waals surface area contributed by atoms with Crippen molar-refractivity contribution in [1.29, 1.82) is 0 Å². The van der Waals surface area contributed by atoms with Gasteiger partial charge in [0.1, 0.15) is 11.3 Å². The molecule has 0 bridgehead atoms. The van der Waals surface area contributed by atoms with E-state index in [1.54, 1.807) is 24.4 Å². The van der Waals surface area contributed by atoms with Gasteiger partial charge in [-0.15, -0.1) is 0 Å². The SMILES string of the molecule is CCc1nc2cc(Cl)cnc2n1Cc1ccccc1C(=O)O. The Balaban J connectivity index is 2.13. The largest absolute Gasteiger partial charge is 0.478 e. The van der Waals surface area contributed by atoms with Crippen LogP contribution < -0.4 is 0 Å². The molecule has 5 nitrogen and oxygen atoms in total. The summed E-state index contributed by atoms with van der Waals surface area (Å²) in [5, 5.41) is 9.85. The summed E-state index contributed by atoms with van der Waals surface area (Å²) in [5.41, 5.74) is 2.44. The number of carboxylic acids is 1. The number of hydrogen-bond acceptors (Lipinski definition) is 3. The molecule has 0 aliphatic heterocycles. The van der Waals surface area contributed by atoms with Gasteiger partial charge in [0, 0.05) is 12.6 Å². The molecule has 0 aliphatic carbocycles. The molecule has 6 heteroatoms. The smallest absolute Gasteiger partial charge is 0.336 e. The maximum absolute atomic E-state index is 11.4. The number of fused-ring (bicyclic) bond motifs is 1. The number of aryl methyl sites for hydroxylation is 1. The zero-order valence-electron chi connectivity index (χ0n) is 12.0. The van der Waals surface area contributed by atoms with E-state index in [1.807, 2.05) is 23.6 Å². The molecule has 0 amide bonds. The first kappa shape index (κ1) is 14.5. The van der Waals surface area contributed by atoms with Crippen LogP contribution in [-0.2, 0) is 13.0 Å². The van der Waals surface area contributed by atoms with Crippen molar-refractivity contribution in [3.63, 3.8) is 0 Å². The molecule has 2 heterocycles. The third-order valence-corrected chi connectivity index (χ3v) is 3.73. The summed E-state index contributed by atoms with van der Waals surface area (Å²) in [6.45, 7) is 2.42. The van der Waals surface area contributed by atoms with Gasteiger partial charge in [-0.3, -0.25) is 0 Å². The van der Waals surface area contributed by atoms with E-state index in [1.165, 1.54) is 0 Å². The predicted octanol–water partition coefficient (Wildman–Crippen LogP) is 3.39. The Morgan fingerprint density at radius 1 is 1.36 bits per heavy atom. The lowest BCUT2D eigenvalue weighted by Gasteiger charge is -2.10. The molecule has 0 atom stereocenters.